The number of ether oxygens (including phenoxy) is 1. The quantitative estimate of drug-likeness (QED) is 0.594. The number of halogens is 2. The molecule has 26 heavy (non-hydrogen) atoms. The molecular weight excluding hydrogens is 375 g/mol. The van der Waals surface area contributed by atoms with Gasteiger partial charge in [-0.25, -0.2) is 4.98 Å². The summed E-state index contributed by atoms with van der Waals surface area (Å²) in [6.45, 7) is 1.47. The highest BCUT2D eigenvalue weighted by atomic mass is 35.5. The summed E-state index contributed by atoms with van der Waals surface area (Å²) >= 11 is 12.5. The van der Waals surface area contributed by atoms with E-state index in [1.807, 2.05) is 12.1 Å². The molecule has 136 valence electrons. The van der Waals surface area contributed by atoms with Gasteiger partial charge in [-0.05, 0) is 31.0 Å². The lowest BCUT2D eigenvalue weighted by molar-refractivity contribution is -0.138. The smallest absolute Gasteiger partial charge is 0.305 e. The maximum absolute atomic E-state index is 10.6. The van der Waals surface area contributed by atoms with Crippen molar-refractivity contribution in [3.05, 3.63) is 33.8 Å². The van der Waals surface area contributed by atoms with Crippen molar-refractivity contribution in [3.63, 3.8) is 0 Å². The molecule has 1 atom stereocenters. The van der Waals surface area contributed by atoms with E-state index in [0.29, 0.717) is 27.7 Å². The maximum Gasteiger partial charge on any atom is 0.305 e. The first-order chi connectivity index (χ1) is 12.5. The molecule has 0 spiro atoms. The summed E-state index contributed by atoms with van der Waals surface area (Å²) in [5.41, 5.74) is 1.29. The van der Waals surface area contributed by atoms with Crippen molar-refractivity contribution < 1.29 is 14.6 Å². The van der Waals surface area contributed by atoms with Gasteiger partial charge in [-0.1, -0.05) is 29.1 Å². The molecule has 2 heterocycles. The van der Waals surface area contributed by atoms with Crippen LogP contribution in [0, 0.1) is 12.3 Å². The highest BCUT2D eigenvalue weighted by Crippen LogP contribution is 2.34. The molecule has 0 saturated carbocycles. The Morgan fingerprint density at radius 1 is 1.46 bits per heavy atom. The number of anilines is 1. The Morgan fingerprint density at radius 2 is 2.27 bits per heavy atom. The molecule has 1 saturated heterocycles. The van der Waals surface area contributed by atoms with Crippen molar-refractivity contribution in [2.75, 3.05) is 24.7 Å². The first-order valence-electron chi connectivity index (χ1n) is 8.33. The second-order valence-corrected chi connectivity index (χ2v) is 6.92. The van der Waals surface area contributed by atoms with Crippen LogP contribution in [0.2, 0.25) is 10.0 Å². The lowest BCUT2D eigenvalue weighted by Gasteiger charge is -2.26. The number of aliphatic carboxylic acids is 1. The number of hydrogen-bond donors (Lipinski definition) is 1. The summed E-state index contributed by atoms with van der Waals surface area (Å²) in [5.74, 6) is 2.56. The number of carboxylic acid groups (broad SMARTS) is 1. The van der Waals surface area contributed by atoms with E-state index in [-0.39, 0.29) is 19.1 Å². The van der Waals surface area contributed by atoms with Crippen LogP contribution >= 0.6 is 23.2 Å². The number of aromatic nitrogens is 1. The maximum atomic E-state index is 10.6. The number of rotatable bonds is 6. The number of pyridine rings is 1. The SMILES string of the molecule is C#Cc1cc(N2CCC[C@H]2COCCC(=O)O)nc2c(Cl)c(Cl)ccc12. The zero-order valence-corrected chi connectivity index (χ0v) is 15.6. The molecule has 1 fully saturated rings. The Balaban J connectivity index is 1.88. The van der Waals surface area contributed by atoms with Crippen LogP contribution in [0.3, 0.4) is 0 Å². The molecule has 0 amide bonds. The molecule has 1 N–H and O–H groups in total. The van der Waals surface area contributed by atoms with Gasteiger partial charge >= 0.3 is 5.97 Å². The molecule has 1 aromatic heterocycles. The Bertz CT molecular complexity index is 879. The van der Waals surface area contributed by atoms with Crippen LogP contribution in [0.4, 0.5) is 5.82 Å². The predicted octanol–water partition coefficient (Wildman–Crippen LogP) is 3.98. The van der Waals surface area contributed by atoms with Gasteiger partial charge in [0.15, 0.2) is 0 Å². The second kappa shape index (κ2) is 8.13. The molecule has 7 heteroatoms. The summed E-state index contributed by atoms with van der Waals surface area (Å²) in [6, 6.07) is 5.54. The third kappa shape index (κ3) is 3.88. The van der Waals surface area contributed by atoms with Gasteiger partial charge < -0.3 is 14.7 Å². The molecule has 1 aliphatic heterocycles. The van der Waals surface area contributed by atoms with E-state index in [1.165, 1.54) is 0 Å². The van der Waals surface area contributed by atoms with Crippen molar-refractivity contribution in [1.82, 2.24) is 4.98 Å². The number of nitrogens with zero attached hydrogens (tertiary/aromatic N) is 2. The number of carboxylic acids is 1. The van der Waals surface area contributed by atoms with Gasteiger partial charge in [0, 0.05) is 17.5 Å². The van der Waals surface area contributed by atoms with Crippen LogP contribution in [0.15, 0.2) is 18.2 Å². The predicted molar refractivity (Wildman–Crippen MR) is 103 cm³/mol. The molecule has 0 bridgehead atoms. The first-order valence-corrected chi connectivity index (χ1v) is 9.08. The average Bonchev–Trinajstić information content (AvgIpc) is 3.09. The monoisotopic (exact) mass is 392 g/mol. The lowest BCUT2D eigenvalue weighted by atomic mass is 10.1. The second-order valence-electron chi connectivity index (χ2n) is 6.14. The summed E-state index contributed by atoms with van der Waals surface area (Å²) in [5, 5.41) is 10.3. The van der Waals surface area contributed by atoms with Gasteiger partial charge in [-0.2, -0.15) is 0 Å². The Kier molecular flexibility index (Phi) is 5.87. The lowest BCUT2D eigenvalue weighted by Crippen LogP contribution is -2.34. The van der Waals surface area contributed by atoms with Crippen LogP contribution < -0.4 is 4.90 Å². The van der Waals surface area contributed by atoms with E-state index in [2.05, 4.69) is 10.8 Å². The number of benzene rings is 1. The third-order valence-electron chi connectivity index (χ3n) is 4.46. The normalized spacial score (nSPS) is 16.8. The van der Waals surface area contributed by atoms with Crippen molar-refractivity contribution >= 4 is 45.9 Å². The van der Waals surface area contributed by atoms with E-state index in [1.54, 1.807) is 6.07 Å². The van der Waals surface area contributed by atoms with Crippen molar-refractivity contribution in [3.8, 4) is 12.3 Å². The number of terminal acetylenes is 1. The molecule has 1 aliphatic rings. The fourth-order valence-electron chi connectivity index (χ4n) is 3.18. The average molecular weight is 393 g/mol. The Labute approximate surface area is 161 Å². The van der Waals surface area contributed by atoms with E-state index in [4.69, 9.17) is 44.5 Å². The molecule has 3 rings (SSSR count). The van der Waals surface area contributed by atoms with E-state index >= 15 is 0 Å². The fraction of sp³-hybridized carbons (Fsp3) is 0.368. The van der Waals surface area contributed by atoms with Crippen LogP contribution in [0.25, 0.3) is 10.9 Å². The fourth-order valence-corrected chi connectivity index (χ4v) is 3.54. The zero-order valence-electron chi connectivity index (χ0n) is 14.0. The largest absolute Gasteiger partial charge is 0.481 e. The van der Waals surface area contributed by atoms with Gasteiger partial charge in [0.05, 0.1) is 41.2 Å². The van der Waals surface area contributed by atoms with Crippen molar-refractivity contribution in [1.29, 1.82) is 0 Å². The molecule has 2 aromatic rings. The minimum Gasteiger partial charge on any atom is -0.481 e. The number of carbonyl (C=O) groups is 1. The highest BCUT2D eigenvalue weighted by Gasteiger charge is 2.27. The van der Waals surface area contributed by atoms with Gasteiger partial charge in [-0.3, -0.25) is 4.79 Å². The van der Waals surface area contributed by atoms with Crippen LogP contribution in [-0.2, 0) is 9.53 Å². The zero-order chi connectivity index (χ0) is 18.7. The molecule has 5 nitrogen and oxygen atoms in total. The van der Waals surface area contributed by atoms with Crippen molar-refractivity contribution in [2.45, 2.75) is 25.3 Å². The van der Waals surface area contributed by atoms with Gasteiger partial charge in [0.2, 0.25) is 0 Å². The number of fused-ring (bicyclic) bond motifs is 1. The summed E-state index contributed by atoms with van der Waals surface area (Å²) in [7, 11) is 0. The summed E-state index contributed by atoms with van der Waals surface area (Å²) < 4.78 is 5.53. The van der Waals surface area contributed by atoms with Gasteiger partial charge in [0.25, 0.3) is 0 Å². The molecule has 0 radical (unpaired) electrons. The van der Waals surface area contributed by atoms with Gasteiger partial charge in [-0.15, -0.1) is 6.42 Å². The van der Waals surface area contributed by atoms with Gasteiger partial charge in [0.1, 0.15) is 5.82 Å². The van der Waals surface area contributed by atoms with E-state index in [9.17, 15) is 4.79 Å². The summed E-state index contributed by atoms with van der Waals surface area (Å²) in [4.78, 5) is 17.4. The minimum atomic E-state index is -0.866. The van der Waals surface area contributed by atoms with Crippen LogP contribution in [0.5, 0.6) is 0 Å². The van der Waals surface area contributed by atoms with Crippen LogP contribution in [-0.4, -0.2) is 41.9 Å². The van der Waals surface area contributed by atoms with E-state index in [0.717, 1.165) is 30.6 Å². The molecule has 0 unspecified atom stereocenters. The first kappa shape index (κ1) is 18.8. The Hall–Kier alpha value is -2.00. The van der Waals surface area contributed by atoms with E-state index < -0.39 is 5.97 Å². The third-order valence-corrected chi connectivity index (χ3v) is 5.25. The topological polar surface area (TPSA) is 62.7 Å². The van der Waals surface area contributed by atoms with Crippen molar-refractivity contribution in [2.24, 2.45) is 0 Å². The Morgan fingerprint density at radius 3 is 3.00 bits per heavy atom. The number of hydrogen-bond acceptors (Lipinski definition) is 4. The van der Waals surface area contributed by atoms with Crippen LogP contribution in [0.1, 0.15) is 24.8 Å². The standard InChI is InChI=1S/C19H18Cl2N2O3/c1-2-12-10-16(22-19-14(12)5-6-15(20)18(19)21)23-8-3-4-13(23)11-26-9-7-17(24)25/h1,5-6,10,13H,3-4,7-9,11H2,(H,24,25)/t13-/m0/s1. The highest BCUT2D eigenvalue weighted by molar-refractivity contribution is 6.45. The minimum absolute atomic E-state index is 0.00368. The summed E-state index contributed by atoms with van der Waals surface area (Å²) in [6.07, 6.45) is 7.62. The molecule has 1 aromatic carbocycles. The molecular formula is C19H18Cl2N2O3. The molecule has 0 aliphatic carbocycles.